The Hall–Kier alpha value is -2.48. The molecular weight excluding hydrogens is 386 g/mol. The molecule has 2 heterocycles. The summed E-state index contributed by atoms with van der Waals surface area (Å²) in [5.41, 5.74) is -0.691. The summed E-state index contributed by atoms with van der Waals surface area (Å²) in [7, 11) is 0. The van der Waals surface area contributed by atoms with Gasteiger partial charge in [-0.15, -0.1) is 0 Å². The molecule has 2 aliphatic heterocycles. The van der Waals surface area contributed by atoms with Crippen molar-refractivity contribution in [1.29, 1.82) is 0 Å². The molecular formula is C19H24ClN3O5. The summed E-state index contributed by atoms with van der Waals surface area (Å²) in [6, 6.07) is 4.38. The van der Waals surface area contributed by atoms with E-state index < -0.39 is 17.1 Å². The topological polar surface area (TPSA) is 100 Å². The Morgan fingerprint density at radius 2 is 2.00 bits per heavy atom. The first-order valence-electron chi connectivity index (χ1n) is 9.10. The van der Waals surface area contributed by atoms with E-state index in [0.717, 1.165) is 0 Å². The number of nitrogens with zero attached hydrogens (tertiary/aromatic N) is 2. The van der Waals surface area contributed by atoms with Crippen LogP contribution in [0.5, 0.6) is 5.75 Å². The van der Waals surface area contributed by atoms with E-state index in [1.165, 1.54) is 18.2 Å². The van der Waals surface area contributed by atoms with Crippen LogP contribution in [0.4, 0.5) is 10.5 Å². The zero-order chi connectivity index (χ0) is 20.5. The molecule has 28 heavy (non-hydrogen) atoms. The van der Waals surface area contributed by atoms with E-state index in [4.69, 9.17) is 21.2 Å². The molecule has 1 saturated heterocycles. The molecule has 2 N–H and O–H groups in total. The van der Waals surface area contributed by atoms with Gasteiger partial charge < -0.3 is 24.9 Å². The summed E-state index contributed by atoms with van der Waals surface area (Å²) >= 11 is 5.90. The quantitative estimate of drug-likeness (QED) is 0.728. The second-order valence-electron chi connectivity index (χ2n) is 8.07. The predicted molar refractivity (Wildman–Crippen MR) is 105 cm³/mol. The average Bonchev–Trinajstić information content (AvgIpc) is 3.01. The van der Waals surface area contributed by atoms with Crippen LogP contribution in [0.15, 0.2) is 23.4 Å². The molecule has 2 aliphatic rings. The molecule has 0 unspecified atom stereocenters. The van der Waals surface area contributed by atoms with Crippen LogP contribution in [-0.4, -0.2) is 52.0 Å². The molecule has 0 radical (unpaired) electrons. The minimum atomic E-state index is -0.596. The monoisotopic (exact) mass is 409 g/mol. The number of phenols is 1. The molecule has 152 valence electrons. The molecule has 1 spiro atoms. The molecule has 3 rings (SSSR count). The molecule has 8 nitrogen and oxygen atoms in total. The van der Waals surface area contributed by atoms with Crippen molar-refractivity contribution in [3.63, 3.8) is 0 Å². The third-order valence-corrected chi connectivity index (χ3v) is 4.87. The van der Waals surface area contributed by atoms with E-state index in [9.17, 15) is 14.7 Å². The Morgan fingerprint density at radius 1 is 1.32 bits per heavy atom. The normalized spacial score (nSPS) is 18.4. The number of phenolic OH excluding ortho intramolecular Hbond substituents is 1. The Kier molecular flexibility index (Phi) is 5.43. The largest absolute Gasteiger partial charge is 0.506 e. The van der Waals surface area contributed by atoms with E-state index in [2.05, 4.69) is 10.5 Å². The Bertz CT molecular complexity index is 810. The van der Waals surface area contributed by atoms with E-state index in [-0.39, 0.29) is 23.2 Å². The highest BCUT2D eigenvalue weighted by molar-refractivity contribution is 6.43. The summed E-state index contributed by atoms with van der Waals surface area (Å²) < 4.78 is 5.39. The first-order chi connectivity index (χ1) is 13.1. The number of likely N-dealkylation sites (tertiary alicyclic amines) is 1. The number of hydrogen-bond donors (Lipinski definition) is 2. The van der Waals surface area contributed by atoms with Crippen LogP contribution in [0.25, 0.3) is 0 Å². The number of nitrogens with one attached hydrogen (secondary N) is 1. The second kappa shape index (κ2) is 7.50. The molecule has 0 atom stereocenters. The zero-order valence-electron chi connectivity index (χ0n) is 16.1. The summed E-state index contributed by atoms with van der Waals surface area (Å²) in [6.07, 6.45) is 1.09. The van der Waals surface area contributed by atoms with Crippen LogP contribution >= 0.6 is 11.6 Å². The van der Waals surface area contributed by atoms with E-state index >= 15 is 0 Å². The van der Waals surface area contributed by atoms with Gasteiger partial charge in [-0.25, -0.2) is 4.79 Å². The van der Waals surface area contributed by atoms with Crippen LogP contribution in [0.3, 0.4) is 0 Å². The predicted octanol–water partition coefficient (Wildman–Crippen LogP) is 3.53. The van der Waals surface area contributed by atoms with Gasteiger partial charge in [0.1, 0.15) is 22.7 Å². The second-order valence-corrected chi connectivity index (χ2v) is 8.51. The Labute approximate surface area is 168 Å². The molecule has 0 saturated carbocycles. The fourth-order valence-electron chi connectivity index (χ4n) is 3.14. The molecule has 0 aromatic heterocycles. The van der Waals surface area contributed by atoms with Gasteiger partial charge in [0.15, 0.2) is 0 Å². The molecule has 1 fully saturated rings. The lowest BCUT2D eigenvalue weighted by atomic mass is 9.87. The minimum Gasteiger partial charge on any atom is -0.506 e. The number of halogens is 1. The maximum atomic E-state index is 12.5. The van der Waals surface area contributed by atoms with Crippen LogP contribution in [0, 0.1) is 0 Å². The van der Waals surface area contributed by atoms with Gasteiger partial charge in [0.25, 0.3) is 5.91 Å². The number of amides is 2. The number of carbonyl (C=O) groups excluding carboxylic acids is 2. The smallest absolute Gasteiger partial charge is 0.410 e. The van der Waals surface area contributed by atoms with Gasteiger partial charge in [0, 0.05) is 37.4 Å². The van der Waals surface area contributed by atoms with Crippen molar-refractivity contribution in [2.45, 2.75) is 51.2 Å². The summed E-state index contributed by atoms with van der Waals surface area (Å²) in [5, 5.41) is 16.8. The third-order valence-electron chi connectivity index (χ3n) is 4.63. The molecule has 0 aliphatic carbocycles. The van der Waals surface area contributed by atoms with E-state index in [1.54, 1.807) is 4.90 Å². The highest BCUT2D eigenvalue weighted by atomic mass is 35.5. The molecule has 2 amide bonds. The highest BCUT2D eigenvalue weighted by Crippen LogP contribution is 2.35. The lowest BCUT2D eigenvalue weighted by Gasteiger charge is -2.37. The fourth-order valence-corrected chi connectivity index (χ4v) is 3.31. The number of carbonyl (C=O) groups is 2. The number of hydrogen-bond acceptors (Lipinski definition) is 6. The van der Waals surface area contributed by atoms with Gasteiger partial charge in [-0.05, 0) is 39.0 Å². The number of anilines is 1. The number of rotatable bonds is 2. The number of benzene rings is 1. The lowest BCUT2D eigenvalue weighted by molar-refractivity contribution is -0.110. The Morgan fingerprint density at radius 3 is 2.64 bits per heavy atom. The summed E-state index contributed by atoms with van der Waals surface area (Å²) in [5.74, 6) is -0.540. The number of piperidine rings is 1. The van der Waals surface area contributed by atoms with Gasteiger partial charge in [0.05, 0.1) is 5.69 Å². The molecule has 9 heteroatoms. The number of oxime groups is 1. The minimum absolute atomic E-state index is 0.0855. The van der Waals surface area contributed by atoms with Gasteiger partial charge in [-0.2, -0.15) is 0 Å². The lowest BCUT2D eigenvalue weighted by Crippen LogP contribution is -2.48. The first kappa shape index (κ1) is 20.3. The van der Waals surface area contributed by atoms with Crippen LogP contribution in [-0.2, 0) is 14.4 Å². The van der Waals surface area contributed by atoms with Gasteiger partial charge in [0.2, 0.25) is 0 Å². The first-order valence-corrected chi connectivity index (χ1v) is 9.48. The van der Waals surface area contributed by atoms with E-state index in [0.29, 0.717) is 37.4 Å². The zero-order valence-corrected chi connectivity index (χ0v) is 16.9. The fraction of sp³-hybridized carbons (Fsp3) is 0.526. The van der Waals surface area contributed by atoms with Gasteiger partial charge in [-0.3, -0.25) is 4.79 Å². The van der Waals surface area contributed by atoms with E-state index in [1.807, 2.05) is 20.8 Å². The SMILES string of the molecule is CC(C)(C)OC(=O)N1CCC2(CC1)CC(C(=O)Nc1cc(Cl)ccc1O)=NO2. The molecule has 0 bridgehead atoms. The third kappa shape index (κ3) is 4.67. The average molecular weight is 410 g/mol. The maximum Gasteiger partial charge on any atom is 0.410 e. The van der Waals surface area contributed by atoms with Crippen LogP contribution in [0.1, 0.15) is 40.0 Å². The van der Waals surface area contributed by atoms with Crippen molar-refractivity contribution in [3.05, 3.63) is 23.2 Å². The highest BCUT2D eigenvalue weighted by Gasteiger charge is 2.45. The summed E-state index contributed by atoms with van der Waals surface area (Å²) in [4.78, 5) is 31.9. The van der Waals surface area contributed by atoms with Gasteiger partial charge in [-0.1, -0.05) is 16.8 Å². The van der Waals surface area contributed by atoms with Crippen molar-refractivity contribution in [2.75, 3.05) is 18.4 Å². The maximum absolute atomic E-state index is 12.5. The number of ether oxygens (including phenoxy) is 1. The molecule has 1 aromatic rings. The van der Waals surface area contributed by atoms with Crippen molar-refractivity contribution in [3.8, 4) is 5.75 Å². The Balaban J connectivity index is 1.56. The van der Waals surface area contributed by atoms with Crippen molar-refractivity contribution in [2.24, 2.45) is 5.16 Å². The van der Waals surface area contributed by atoms with Crippen molar-refractivity contribution >= 4 is 35.0 Å². The molecule has 1 aromatic carbocycles. The van der Waals surface area contributed by atoms with Crippen LogP contribution < -0.4 is 5.32 Å². The van der Waals surface area contributed by atoms with Crippen LogP contribution in [0.2, 0.25) is 5.02 Å². The van der Waals surface area contributed by atoms with Crippen molar-refractivity contribution < 1.29 is 24.3 Å². The van der Waals surface area contributed by atoms with Crippen molar-refractivity contribution in [1.82, 2.24) is 4.90 Å². The van der Waals surface area contributed by atoms with Gasteiger partial charge >= 0.3 is 6.09 Å². The summed E-state index contributed by atoms with van der Waals surface area (Å²) in [6.45, 7) is 6.41. The standard InChI is InChI=1S/C19H24ClN3O5/c1-18(2,3)27-17(26)23-8-6-19(7-9-23)11-14(22-28-19)16(25)21-13-10-12(20)4-5-15(13)24/h4-5,10,24H,6-9,11H2,1-3H3,(H,21,25). The number of aromatic hydroxyl groups is 1.